The molecule has 5 rings (SSSR count). The Morgan fingerprint density at radius 3 is 2.67 bits per heavy atom. The molecule has 1 N–H and O–H groups in total. The van der Waals surface area contributed by atoms with Gasteiger partial charge in [0.25, 0.3) is 11.5 Å². The van der Waals surface area contributed by atoms with Gasteiger partial charge in [0.15, 0.2) is 11.5 Å². The van der Waals surface area contributed by atoms with E-state index in [-0.39, 0.29) is 24.0 Å². The molecule has 0 bridgehead atoms. The molecule has 3 aromatic rings. The molecule has 1 saturated heterocycles. The van der Waals surface area contributed by atoms with Crippen LogP contribution in [0.15, 0.2) is 41.2 Å². The topological polar surface area (TPSA) is 85.3 Å². The first-order valence-electron chi connectivity index (χ1n) is 11.9. The van der Waals surface area contributed by atoms with Crippen LogP contribution in [0.2, 0.25) is 5.02 Å². The number of fused-ring (bicyclic) bond motifs is 2. The summed E-state index contributed by atoms with van der Waals surface area (Å²) >= 11 is 6.32. The molecule has 0 saturated carbocycles. The van der Waals surface area contributed by atoms with Crippen LogP contribution in [0.4, 0.5) is 5.69 Å². The number of carbonyl (C=O) groups excluding carboxylic acids is 1. The highest BCUT2D eigenvalue weighted by Gasteiger charge is 2.28. The maximum absolute atomic E-state index is 13.3. The molecule has 190 valence electrons. The van der Waals surface area contributed by atoms with Gasteiger partial charge in [-0.1, -0.05) is 17.7 Å². The summed E-state index contributed by atoms with van der Waals surface area (Å²) in [7, 11) is 4.53. The summed E-state index contributed by atoms with van der Waals surface area (Å²) in [6.45, 7) is 2.83. The largest absolute Gasteiger partial charge is 0.454 e. The van der Waals surface area contributed by atoms with E-state index in [9.17, 15) is 9.59 Å². The van der Waals surface area contributed by atoms with Crippen LogP contribution in [0.25, 0.3) is 10.9 Å². The highest BCUT2D eigenvalue weighted by atomic mass is 35.5. The van der Waals surface area contributed by atoms with Gasteiger partial charge in [-0.15, -0.1) is 0 Å². The molecule has 1 amide bonds. The van der Waals surface area contributed by atoms with Crippen molar-refractivity contribution >= 4 is 34.1 Å². The van der Waals surface area contributed by atoms with E-state index < -0.39 is 5.91 Å². The Balaban J connectivity index is 1.38. The van der Waals surface area contributed by atoms with Crippen molar-refractivity contribution in [2.75, 3.05) is 39.4 Å². The summed E-state index contributed by atoms with van der Waals surface area (Å²) < 4.78 is 12.4. The number of ether oxygens (including phenoxy) is 2. The summed E-state index contributed by atoms with van der Waals surface area (Å²) in [5, 5.41) is 5.84. The molecule has 1 aromatic heterocycles. The minimum atomic E-state index is -0.511. The van der Waals surface area contributed by atoms with E-state index in [4.69, 9.17) is 25.9 Å². The molecular formula is C26H29ClN4O5. The molecule has 0 unspecified atom stereocenters. The number of benzene rings is 2. The number of piperidine rings is 1. The highest BCUT2D eigenvalue weighted by molar-refractivity contribution is 6.31. The van der Waals surface area contributed by atoms with Crippen LogP contribution in [-0.2, 0) is 18.4 Å². The van der Waals surface area contributed by atoms with Crippen LogP contribution in [0, 0.1) is 0 Å². The van der Waals surface area contributed by atoms with Crippen molar-refractivity contribution in [3.63, 3.8) is 0 Å². The number of carbonyl (C=O) groups is 1. The zero-order valence-electron chi connectivity index (χ0n) is 20.5. The van der Waals surface area contributed by atoms with Gasteiger partial charge in [-0.2, -0.15) is 0 Å². The first-order valence-corrected chi connectivity index (χ1v) is 12.3. The van der Waals surface area contributed by atoms with E-state index in [0.717, 1.165) is 54.4 Å². The van der Waals surface area contributed by atoms with Crippen molar-refractivity contribution < 1.29 is 19.1 Å². The van der Waals surface area contributed by atoms with E-state index in [1.54, 1.807) is 25.2 Å². The molecule has 3 heterocycles. The molecule has 9 nitrogen and oxygen atoms in total. The molecular weight excluding hydrogens is 484 g/mol. The number of hydrogen-bond donors (Lipinski definition) is 1. The summed E-state index contributed by atoms with van der Waals surface area (Å²) in [5.74, 6) is 1.06. The van der Waals surface area contributed by atoms with E-state index in [1.165, 1.54) is 24.3 Å². The normalized spacial score (nSPS) is 15.9. The lowest BCUT2D eigenvalue weighted by molar-refractivity contribution is -0.0757. The number of aromatic nitrogens is 1. The van der Waals surface area contributed by atoms with Gasteiger partial charge in [0.05, 0.1) is 18.3 Å². The zero-order valence-corrected chi connectivity index (χ0v) is 21.3. The van der Waals surface area contributed by atoms with E-state index in [2.05, 4.69) is 16.3 Å². The molecule has 0 radical (unpaired) electrons. The second-order valence-electron chi connectivity index (χ2n) is 9.14. The molecule has 2 aromatic carbocycles. The molecule has 0 spiro atoms. The minimum Gasteiger partial charge on any atom is -0.454 e. The Morgan fingerprint density at radius 1 is 1.17 bits per heavy atom. The summed E-state index contributed by atoms with van der Waals surface area (Å²) in [5.41, 5.74) is 2.02. The van der Waals surface area contributed by atoms with Crippen LogP contribution in [-0.4, -0.2) is 60.5 Å². The van der Waals surface area contributed by atoms with E-state index in [1.807, 2.05) is 12.1 Å². The molecule has 2 aliphatic rings. The minimum absolute atomic E-state index is 0.0411. The first kappa shape index (κ1) is 24.4. The number of nitrogens with zero attached hydrogens (tertiary/aromatic N) is 3. The molecule has 36 heavy (non-hydrogen) atoms. The Labute approximate surface area is 214 Å². The quantitative estimate of drug-likeness (QED) is 0.505. The average molecular weight is 513 g/mol. The monoisotopic (exact) mass is 512 g/mol. The van der Waals surface area contributed by atoms with Crippen LogP contribution < -0.4 is 20.3 Å². The van der Waals surface area contributed by atoms with Gasteiger partial charge in [0, 0.05) is 50.2 Å². The maximum atomic E-state index is 13.3. The Bertz CT molecular complexity index is 1370. The summed E-state index contributed by atoms with van der Waals surface area (Å²) in [6.07, 6.45) is 1.71. The number of anilines is 1. The first-order chi connectivity index (χ1) is 17.4. The van der Waals surface area contributed by atoms with Crippen LogP contribution in [0.5, 0.6) is 11.5 Å². The van der Waals surface area contributed by atoms with Gasteiger partial charge < -0.3 is 19.4 Å². The SMILES string of the molecule is CON(C)C(=O)c1c(NC2CCN(Cc3ccc4c(c3)OCO4)CC2)c2cc(Cl)ccc2n(C)c1=O. The third-order valence-electron chi connectivity index (χ3n) is 6.91. The molecule has 2 aliphatic heterocycles. The predicted octanol–water partition coefficient (Wildman–Crippen LogP) is 3.63. The van der Waals surface area contributed by atoms with Crippen molar-refractivity contribution in [2.45, 2.75) is 25.4 Å². The van der Waals surface area contributed by atoms with Gasteiger partial charge >= 0.3 is 0 Å². The number of halogens is 1. The maximum Gasteiger partial charge on any atom is 0.284 e. The third-order valence-corrected chi connectivity index (χ3v) is 7.15. The van der Waals surface area contributed by atoms with Crippen LogP contribution in [0.3, 0.4) is 0 Å². The van der Waals surface area contributed by atoms with Crippen molar-refractivity contribution in [3.05, 3.63) is 62.9 Å². The lowest BCUT2D eigenvalue weighted by Gasteiger charge is -2.33. The highest BCUT2D eigenvalue weighted by Crippen LogP contribution is 2.34. The second-order valence-corrected chi connectivity index (χ2v) is 9.58. The van der Waals surface area contributed by atoms with Crippen LogP contribution >= 0.6 is 11.6 Å². The molecule has 0 aliphatic carbocycles. The Kier molecular flexibility index (Phi) is 6.79. The summed E-state index contributed by atoms with van der Waals surface area (Å²) in [6, 6.07) is 11.5. The van der Waals surface area contributed by atoms with Crippen molar-refractivity contribution in [3.8, 4) is 11.5 Å². The number of aryl methyl sites for hydroxylation is 1. The number of nitrogens with one attached hydrogen (secondary N) is 1. The van der Waals surface area contributed by atoms with Crippen molar-refractivity contribution in [1.29, 1.82) is 0 Å². The number of amides is 1. The smallest absolute Gasteiger partial charge is 0.284 e. The number of hydroxylamine groups is 2. The number of likely N-dealkylation sites (tertiary alicyclic amines) is 1. The molecule has 10 heteroatoms. The Hall–Kier alpha value is -3.27. The van der Waals surface area contributed by atoms with Gasteiger partial charge in [-0.05, 0) is 48.7 Å². The fourth-order valence-corrected chi connectivity index (χ4v) is 5.02. The molecule has 1 fully saturated rings. The predicted molar refractivity (Wildman–Crippen MR) is 138 cm³/mol. The lowest BCUT2D eigenvalue weighted by Crippen LogP contribution is -2.40. The van der Waals surface area contributed by atoms with Crippen molar-refractivity contribution in [1.82, 2.24) is 14.5 Å². The van der Waals surface area contributed by atoms with E-state index >= 15 is 0 Å². The number of hydrogen-bond acceptors (Lipinski definition) is 7. The fourth-order valence-electron chi connectivity index (χ4n) is 4.85. The van der Waals surface area contributed by atoms with E-state index in [0.29, 0.717) is 16.2 Å². The van der Waals surface area contributed by atoms with Gasteiger partial charge in [-0.25, -0.2) is 5.06 Å². The number of pyridine rings is 1. The molecule has 0 atom stereocenters. The third kappa shape index (κ3) is 4.61. The van der Waals surface area contributed by atoms with Gasteiger partial charge in [0.2, 0.25) is 6.79 Å². The van der Waals surface area contributed by atoms with Gasteiger partial charge in [0.1, 0.15) is 5.56 Å². The van der Waals surface area contributed by atoms with Gasteiger partial charge in [-0.3, -0.25) is 19.3 Å². The fraction of sp³-hybridized carbons (Fsp3) is 0.385. The van der Waals surface area contributed by atoms with Crippen molar-refractivity contribution in [2.24, 2.45) is 7.05 Å². The standard InChI is InChI=1S/C26H29ClN4O5/c1-29-20-6-5-17(27)13-19(20)24(23(25(29)32)26(33)30(2)34-3)28-18-8-10-31(11-9-18)14-16-4-7-21-22(12-16)36-15-35-21/h4-7,12-13,18,28H,8-11,14-15H2,1-3H3. The summed E-state index contributed by atoms with van der Waals surface area (Å²) in [4.78, 5) is 33.9. The lowest BCUT2D eigenvalue weighted by atomic mass is 10.0. The number of rotatable bonds is 6. The Morgan fingerprint density at radius 2 is 1.92 bits per heavy atom. The zero-order chi connectivity index (χ0) is 25.4. The average Bonchev–Trinajstić information content (AvgIpc) is 3.35. The second kappa shape index (κ2) is 10.0. The van der Waals surface area contributed by atoms with Crippen LogP contribution in [0.1, 0.15) is 28.8 Å².